The van der Waals surface area contributed by atoms with Crippen molar-refractivity contribution in [2.45, 2.75) is 63.9 Å². The molecule has 5 heteroatoms. The largest absolute Gasteiger partial charge is 0.369 e. The van der Waals surface area contributed by atoms with Gasteiger partial charge in [0.05, 0.1) is 12.7 Å². The van der Waals surface area contributed by atoms with E-state index in [4.69, 9.17) is 10.5 Å². The summed E-state index contributed by atoms with van der Waals surface area (Å²) in [5.74, 6) is 0.799. The van der Waals surface area contributed by atoms with Gasteiger partial charge in [0.2, 0.25) is 0 Å². The van der Waals surface area contributed by atoms with Gasteiger partial charge in [-0.1, -0.05) is 64.1 Å². The van der Waals surface area contributed by atoms with Crippen molar-refractivity contribution >= 4 is 17.2 Å². The summed E-state index contributed by atoms with van der Waals surface area (Å²) in [5.41, 5.74) is 18.3. The molecule has 0 aromatic heterocycles. The zero-order valence-electron chi connectivity index (χ0n) is 25.2. The average Bonchev–Trinajstić information content (AvgIpc) is 3.38. The second-order valence-electron chi connectivity index (χ2n) is 14.0. The minimum Gasteiger partial charge on any atom is -0.369 e. The number of hydrogen-bond donors (Lipinski definition) is 1. The molecule has 0 amide bonds. The topological polar surface area (TPSA) is 58.8 Å². The van der Waals surface area contributed by atoms with Crippen LogP contribution in [0.5, 0.6) is 0 Å². The fraction of sp³-hybridized carbons (Fsp3) is 0.432. The van der Waals surface area contributed by atoms with Gasteiger partial charge in [-0.3, -0.25) is 4.79 Å². The summed E-state index contributed by atoms with van der Waals surface area (Å²) in [5, 5.41) is 0. The van der Waals surface area contributed by atoms with Crippen molar-refractivity contribution in [3.05, 3.63) is 105 Å². The highest BCUT2D eigenvalue weighted by Crippen LogP contribution is 2.55. The predicted octanol–water partition coefficient (Wildman–Crippen LogP) is 6.31. The molecule has 5 nitrogen and oxygen atoms in total. The third-order valence-corrected chi connectivity index (χ3v) is 11.1. The molecule has 2 N–H and O–H groups in total. The van der Waals surface area contributed by atoms with Gasteiger partial charge in [0.25, 0.3) is 0 Å². The second kappa shape index (κ2) is 9.05. The minimum absolute atomic E-state index is 0.0960. The molecule has 6 aliphatic rings. The quantitative estimate of drug-likeness (QED) is 0.437. The molecule has 0 radical (unpaired) electrons. The minimum atomic E-state index is -0.156. The SMILES string of the molecule is CC1(C)C2=C3C=C4C(=O)/C(=C/C5=C6N(CC[C@H]5CN)c5ccccc5C6(C)C)CO[C@H]4C[C@H]3CCN2c2ccccc21. The molecule has 8 rings (SSSR count). The molecule has 1 aliphatic carbocycles. The first kappa shape index (κ1) is 26.2. The third-order valence-electron chi connectivity index (χ3n) is 11.1. The van der Waals surface area contributed by atoms with E-state index < -0.39 is 0 Å². The fourth-order valence-electron chi connectivity index (χ4n) is 9.03. The van der Waals surface area contributed by atoms with Crippen molar-refractivity contribution in [1.82, 2.24) is 0 Å². The summed E-state index contributed by atoms with van der Waals surface area (Å²) in [6.07, 6.45) is 7.22. The van der Waals surface area contributed by atoms with E-state index in [9.17, 15) is 4.79 Å². The molecule has 5 heterocycles. The Bertz CT molecular complexity index is 1650. The molecule has 0 spiro atoms. The number of Topliss-reactive ketones (excluding diaryl/α,β-unsaturated/α-hetero) is 1. The smallest absolute Gasteiger partial charge is 0.189 e. The average molecular weight is 560 g/mol. The van der Waals surface area contributed by atoms with Crippen LogP contribution in [0.4, 0.5) is 11.4 Å². The highest BCUT2D eigenvalue weighted by Gasteiger charge is 2.48. The summed E-state index contributed by atoms with van der Waals surface area (Å²) in [6.45, 7) is 12.2. The third kappa shape index (κ3) is 3.47. The molecular weight excluding hydrogens is 518 g/mol. The lowest BCUT2D eigenvalue weighted by Gasteiger charge is -2.42. The molecule has 1 fully saturated rings. The number of nitrogens with zero attached hydrogens (tertiary/aromatic N) is 2. The van der Waals surface area contributed by atoms with Gasteiger partial charge in [0.15, 0.2) is 5.78 Å². The lowest BCUT2D eigenvalue weighted by molar-refractivity contribution is -0.117. The van der Waals surface area contributed by atoms with Crippen molar-refractivity contribution in [2.75, 3.05) is 36.0 Å². The van der Waals surface area contributed by atoms with Crippen LogP contribution in [0.15, 0.2) is 94.4 Å². The van der Waals surface area contributed by atoms with Gasteiger partial charge >= 0.3 is 0 Å². The van der Waals surface area contributed by atoms with E-state index in [1.54, 1.807) is 0 Å². The lowest BCUT2D eigenvalue weighted by Crippen LogP contribution is -2.42. The maximum Gasteiger partial charge on any atom is 0.189 e. The lowest BCUT2D eigenvalue weighted by atomic mass is 9.71. The number of ether oxygens (including phenoxy) is 1. The number of carbonyl (C=O) groups excluding carboxylic acids is 1. The summed E-state index contributed by atoms with van der Waals surface area (Å²) >= 11 is 0. The number of allylic oxidation sites excluding steroid dienone is 5. The van der Waals surface area contributed by atoms with E-state index in [0.717, 1.165) is 43.5 Å². The normalized spacial score (nSPS) is 29.5. The van der Waals surface area contributed by atoms with Crippen molar-refractivity contribution in [2.24, 2.45) is 17.6 Å². The Morgan fingerprint density at radius 2 is 1.52 bits per heavy atom. The highest BCUT2D eigenvalue weighted by atomic mass is 16.5. The Hall–Kier alpha value is -3.41. The van der Waals surface area contributed by atoms with Crippen molar-refractivity contribution < 1.29 is 9.53 Å². The van der Waals surface area contributed by atoms with E-state index in [1.165, 1.54) is 45.0 Å². The van der Waals surface area contributed by atoms with Crippen LogP contribution < -0.4 is 15.5 Å². The van der Waals surface area contributed by atoms with Gasteiger partial charge in [0.1, 0.15) is 0 Å². The van der Waals surface area contributed by atoms with Gasteiger partial charge in [-0.2, -0.15) is 0 Å². The predicted molar refractivity (Wildman–Crippen MR) is 168 cm³/mol. The maximum atomic E-state index is 14.3. The van der Waals surface area contributed by atoms with E-state index in [2.05, 4.69) is 98.2 Å². The summed E-state index contributed by atoms with van der Waals surface area (Å²) < 4.78 is 6.51. The van der Waals surface area contributed by atoms with Gasteiger partial charge in [0, 0.05) is 57.8 Å². The summed E-state index contributed by atoms with van der Waals surface area (Å²) in [7, 11) is 0. The summed E-state index contributed by atoms with van der Waals surface area (Å²) in [6, 6.07) is 17.5. The Labute approximate surface area is 249 Å². The number of rotatable bonds is 2. The van der Waals surface area contributed by atoms with Crippen LogP contribution in [-0.4, -0.2) is 38.1 Å². The molecular formula is C37H41N3O2. The van der Waals surface area contributed by atoms with Crippen molar-refractivity contribution in [3.63, 3.8) is 0 Å². The first-order chi connectivity index (χ1) is 20.2. The van der Waals surface area contributed by atoms with Crippen LogP contribution in [0, 0.1) is 11.8 Å². The second-order valence-corrected chi connectivity index (χ2v) is 14.0. The molecule has 5 aliphatic heterocycles. The number of fused-ring (bicyclic) bond motifs is 8. The molecule has 1 saturated heterocycles. The van der Waals surface area contributed by atoms with Gasteiger partial charge in [-0.05, 0) is 84.2 Å². The number of anilines is 2. The van der Waals surface area contributed by atoms with Crippen LogP contribution in [0.2, 0.25) is 0 Å². The molecule has 0 saturated carbocycles. The molecule has 2 aromatic carbocycles. The Kier molecular flexibility index (Phi) is 5.65. The Morgan fingerprint density at radius 3 is 2.21 bits per heavy atom. The number of ketones is 1. The van der Waals surface area contributed by atoms with E-state index in [0.29, 0.717) is 19.1 Å². The maximum absolute atomic E-state index is 14.3. The Morgan fingerprint density at radius 1 is 0.905 bits per heavy atom. The number of carbonyl (C=O) groups is 1. The van der Waals surface area contributed by atoms with E-state index >= 15 is 0 Å². The summed E-state index contributed by atoms with van der Waals surface area (Å²) in [4.78, 5) is 19.3. The molecule has 0 bridgehead atoms. The number of benzene rings is 2. The number of para-hydroxylation sites is 2. The fourth-order valence-corrected chi connectivity index (χ4v) is 9.03. The molecule has 2 aromatic rings. The van der Waals surface area contributed by atoms with Crippen molar-refractivity contribution in [1.29, 1.82) is 0 Å². The van der Waals surface area contributed by atoms with Crippen LogP contribution in [0.3, 0.4) is 0 Å². The number of nitrogens with two attached hydrogens (primary N) is 1. The van der Waals surface area contributed by atoms with E-state index in [-0.39, 0.29) is 28.6 Å². The molecule has 216 valence electrons. The first-order valence-electron chi connectivity index (χ1n) is 15.7. The number of hydrogen-bond acceptors (Lipinski definition) is 5. The standard InChI is InChI=1S/C37H41N3O2/c1-36(2)28-9-5-8-12-31(28)40-16-14-23(20-38)25(34(36)40)17-24-21-42-32-18-22-13-15-39-30-11-7-6-10-29(30)37(3,4)35(39)26(22)19-27(32)33(24)41/h5-12,17,19,22-23,32H,13-16,18,20-21,38H2,1-4H3/b24-17+/t22-,23+,32+/m1/s1. The monoisotopic (exact) mass is 559 g/mol. The first-order valence-corrected chi connectivity index (χ1v) is 15.7. The molecule has 42 heavy (non-hydrogen) atoms. The van der Waals surface area contributed by atoms with Gasteiger partial charge in [-0.15, -0.1) is 0 Å². The van der Waals surface area contributed by atoms with Crippen LogP contribution in [-0.2, 0) is 20.4 Å². The zero-order valence-corrected chi connectivity index (χ0v) is 25.2. The highest BCUT2D eigenvalue weighted by molar-refractivity contribution is 6.10. The van der Waals surface area contributed by atoms with Crippen molar-refractivity contribution in [3.8, 4) is 0 Å². The van der Waals surface area contributed by atoms with Gasteiger partial charge in [-0.25, -0.2) is 0 Å². The molecule has 3 atom stereocenters. The van der Waals surface area contributed by atoms with Crippen LogP contribution in [0.1, 0.15) is 58.1 Å². The van der Waals surface area contributed by atoms with Crippen LogP contribution >= 0.6 is 0 Å². The van der Waals surface area contributed by atoms with Crippen LogP contribution in [0.25, 0.3) is 0 Å². The van der Waals surface area contributed by atoms with Gasteiger partial charge < -0.3 is 20.3 Å². The van der Waals surface area contributed by atoms with E-state index in [1.807, 2.05) is 0 Å². The zero-order chi connectivity index (χ0) is 29.0. The molecule has 0 unspecified atom stereocenters. The Balaban J connectivity index is 1.23.